The van der Waals surface area contributed by atoms with Gasteiger partial charge in [0.15, 0.2) is 0 Å². The minimum Gasteiger partial charge on any atom is -0.496 e. The lowest BCUT2D eigenvalue weighted by Crippen LogP contribution is -2.23. The Hall–Kier alpha value is -2.21. The maximum Gasteiger partial charge on any atom is 0.274 e. The third-order valence-corrected chi connectivity index (χ3v) is 2.92. The first-order valence-electron chi connectivity index (χ1n) is 5.57. The molecule has 0 unspecified atom stereocenters. The highest BCUT2D eigenvalue weighted by atomic mass is 32.1. The van der Waals surface area contributed by atoms with Crippen LogP contribution >= 0.6 is 12.2 Å². The van der Waals surface area contributed by atoms with Crippen molar-refractivity contribution in [3.8, 4) is 17.0 Å². The van der Waals surface area contributed by atoms with Crippen LogP contribution in [0.4, 0.5) is 0 Å². The van der Waals surface area contributed by atoms with E-state index in [-0.39, 0.29) is 10.6 Å². The number of ether oxygens (including phenoxy) is 1. The Kier molecular flexibility index (Phi) is 3.62. The molecule has 5 nitrogen and oxygen atoms in total. The summed E-state index contributed by atoms with van der Waals surface area (Å²) in [6, 6.07) is 7.27. The molecule has 2 aromatic rings. The molecule has 1 heterocycles. The molecule has 0 aliphatic heterocycles. The van der Waals surface area contributed by atoms with E-state index in [9.17, 15) is 4.79 Å². The Labute approximate surface area is 115 Å². The number of aromatic amines is 1. The molecule has 2 rings (SSSR count). The van der Waals surface area contributed by atoms with Gasteiger partial charge in [0, 0.05) is 5.56 Å². The number of hydrogen-bond donors (Lipinski definition) is 2. The number of aromatic nitrogens is 2. The number of methoxy groups -OCH3 is 1. The molecule has 0 aliphatic carbocycles. The summed E-state index contributed by atoms with van der Waals surface area (Å²) < 4.78 is 5.29. The summed E-state index contributed by atoms with van der Waals surface area (Å²) in [5.41, 5.74) is 7.74. The van der Waals surface area contributed by atoms with Gasteiger partial charge in [0.25, 0.3) is 5.56 Å². The Balaban J connectivity index is 2.65. The van der Waals surface area contributed by atoms with E-state index in [1.807, 2.05) is 25.1 Å². The second kappa shape index (κ2) is 5.19. The zero-order valence-electron chi connectivity index (χ0n) is 10.6. The molecule has 19 heavy (non-hydrogen) atoms. The molecule has 0 amide bonds. The maximum absolute atomic E-state index is 11.5. The first kappa shape index (κ1) is 13.2. The molecule has 0 saturated heterocycles. The third-order valence-electron chi connectivity index (χ3n) is 2.70. The SMILES string of the molecule is COc1ccc(C)cc1-c1cc(C(N)=S)c(=O)[nH]n1. The molecule has 0 spiro atoms. The molecule has 0 aliphatic rings. The molecule has 98 valence electrons. The average Bonchev–Trinajstić information content (AvgIpc) is 2.39. The van der Waals surface area contributed by atoms with Crippen LogP contribution in [0.1, 0.15) is 11.1 Å². The van der Waals surface area contributed by atoms with Crippen LogP contribution in [0.2, 0.25) is 0 Å². The van der Waals surface area contributed by atoms with Crippen molar-refractivity contribution in [1.29, 1.82) is 0 Å². The Bertz CT molecular complexity index is 695. The van der Waals surface area contributed by atoms with E-state index in [1.54, 1.807) is 13.2 Å². The average molecular weight is 275 g/mol. The Morgan fingerprint density at radius 2 is 2.16 bits per heavy atom. The van der Waals surface area contributed by atoms with Crippen molar-refractivity contribution >= 4 is 17.2 Å². The van der Waals surface area contributed by atoms with Gasteiger partial charge in [0.05, 0.1) is 18.4 Å². The van der Waals surface area contributed by atoms with Crippen LogP contribution < -0.4 is 16.0 Å². The molecule has 3 N–H and O–H groups in total. The number of H-pyrrole nitrogens is 1. The van der Waals surface area contributed by atoms with Crippen molar-refractivity contribution in [3.63, 3.8) is 0 Å². The normalized spacial score (nSPS) is 10.2. The van der Waals surface area contributed by atoms with Crippen LogP contribution in [0.3, 0.4) is 0 Å². The standard InChI is InChI=1S/C13H13N3O2S/c1-7-3-4-11(18-2)8(5-7)10-6-9(12(14)19)13(17)16-15-10/h3-6H,1-2H3,(H2,14,19)(H,16,17). The van der Waals surface area contributed by atoms with Crippen molar-refractivity contribution in [2.24, 2.45) is 5.73 Å². The highest BCUT2D eigenvalue weighted by molar-refractivity contribution is 7.80. The molecule has 1 aromatic carbocycles. The van der Waals surface area contributed by atoms with Crippen molar-refractivity contribution in [2.45, 2.75) is 6.92 Å². The second-order valence-electron chi connectivity index (χ2n) is 4.06. The lowest BCUT2D eigenvalue weighted by Gasteiger charge is -2.09. The monoisotopic (exact) mass is 275 g/mol. The van der Waals surface area contributed by atoms with Crippen molar-refractivity contribution in [2.75, 3.05) is 7.11 Å². The van der Waals surface area contributed by atoms with E-state index in [0.717, 1.165) is 11.1 Å². The van der Waals surface area contributed by atoms with Crippen molar-refractivity contribution in [1.82, 2.24) is 10.2 Å². The van der Waals surface area contributed by atoms with Crippen molar-refractivity contribution < 1.29 is 4.74 Å². The quantitative estimate of drug-likeness (QED) is 0.827. The van der Waals surface area contributed by atoms with Crippen LogP contribution in [-0.4, -0.2) is 22.3 Å². The molecule has 0 bridgehead atoms. The molecule has 0 fully saturated rings. The van der Waals surface area contributed by atoms with Gasteiger partial charge < -0.3 is 10.5 Å². The van der Waals surface area contributed by atoms with Crippen LogP contribution in [-0.2, 0) is 0 Å². The Morgan fingerprint density at radius 1 is 1.42 bits per heavy atom. The summed E-state index contributed by atoms with van der Waals surface area (Å²) in [5, 5.41) is 6.40. The minimum absolute atomic E-state index is 0.0384. The van der Waals surface area contributed by atoms with Gasteiger partial charge in [-0.05, 0) is 25.1 Å². The van der Waals surface area contributed by atoms with E-state index < -0.39 is 5.56 Å². The first-order valence-corrected chi connectivity index (χ1v) is 5.98. The summed E-state index contributed by atoms with van der Waals surface area (Å²) in [7, 11) is 1.58. The lowest BCUT2D eigenvalue weighted by molar-refractivity contribution is 0.416. The largest absolute Gasteiger partial charge is 0.496 e. The Morgan fingerprint density at radius 3 is 2.79 bits per heavy atom. The topological polar surface area (TPSA) is 81.0 Å². The molecular formula is C13H13N3O2S. The molecule has 0 radical (unpaired) electrons. The molecular weight excluding hydrogens is 262 g/mol. The zero-order chi connectivity index (χ0) is 14.0. The number of rotatable bonds is 3. The summed E-state index contributed by atoms with van der Waals surface area (Å²) in [5.74, 6) is 0.666. The zero-order valence-corrected chi connectivity index (χ0v) is 11.4. The number of nitrogens with one attached hydrogen (secondary N) is 1. The summed E-state index contributed by atoms with van der Waals surface area (Å²) in [6.45, 7) is 1.96. The van der Waals surface area contributed by atoms with Gasteiger partial charge in [-0.3, -0.25) is 4.79 Å². The van der Waals surface area contributed by atoms with E-state index in [4.69, 9.17) is 22.7 Å². The highest BCUT2D eigenvalue weighted by Crippen LogP contribution is 2.29. The fourth-order valence-electron chi connectivity index (χ4n) is 1.75. The second-order valence-corrected chi connectivity index (χ2v) is 4.50. The molecule has 0 atom stereocenters. The van der Waals surface area contributed by atoms with Crippen LogP contribution in [0, 0.1) is 6.92 Å². The van der Waals surface area contributed by atoms with Crippen molar-refractivity contribution in [3.05, 3.63) is 45.7 Å². The highest BCUT2D eigenvalue weighted by Gasteiger charge is 2.11. The number of benzene rings is 1. The fourth-order valence-corrected chi connectivity index (χ4v) is 1.90. The van der Waals surface area contributed by atoms with E-state index in [2.05, 4.69) is 10.2 Å². The van der Waals surface area contributed by atoms with E-state index in [1.165, 1.54) is 0 Å². The molecule has 1 aromatic heterocycles. The predicted octanol–water partition coefficient (Wildman–Crippen LogP) is 1.39. The smallest absolute Gasteiger partial charge is 0.274 e. The number of hydrogen-bond acceptors (Lipinski definition) is 4. The van der Waals surface area contributed by atoms with Gasteiger partial charge in [0.2, 0.25) is 0 Å². The van der Waals surface area contributed by atoms with Gasteiger partial charge >= 0.3 is 0 Å². The van der Waals surface area contributed by atoms with E-state index >= 15 is 0 Å². The van der Waals surface area contributed by atoms with Gasteiger partial charge in [0.1, 0.15) is 10.7 Å². The fraction of sp³-hybridized carbons (Fsp3) is 0.154. The summed E-state index contributed by atoms with van der Waals surface area (Å²) in [6.07, 6.45) is 0. The predicted molar refractivity (Wildman–Crippen MR) is 77.5 cm³/mol. The third kappa shape index (κ3) is 2.63. The number of nitrogens with two attached hydrogens (primary N) is 1. The van der Waals surface area contributed by atoms with Gasteiger partial charge in [-0.1, -0.05) is 23.8 Å². The summed E-state index contributed by atoms with van der Waals surface area (Å²) >= 11 is 4.84. The van der Waals surface area contributed by atoms with Gasteiger partial charge in [-0.25, -0.2) is 5.10 Å². The lowest BCUT2D eigenvalue weighted by atomic mass is 10.1. The minimum atomic E-state index is -0.400. The molecule has 0 saturated carbocycles. The van der Waals surface area contributed by atoms with Crippen LogP contribution in [0.15, 0.2) is 29.1 Å². The van der Waals surface area contributed by atoms with Gasteiger partial charge in [-0.2, -0.15) is 5.10 Å². The number of aryl methyl sites for hydroxylation is 1. The van der Waals surface area contributed by atoms with E-state index in [0.29, 0.717) is 11.4 Å². The summed E-state index contributed by atoms with van der Waals surface area (Å²) in [4.78, 5) is 11.6. The number of nitrogens with zero attached hydrogens (tertiary/aromatic N) is 1. The first-order chi connectivity index (χ1) is 9.02. The van der Waals surface area contributed by atoms with Crippen LogP contribution in [0.25, 0.3) is 11.3 Å². The maximum atomic E-state index is 11.5. The number of thiocarbonyl (C=S) groups is 1. The molecule has 6 heteroatoms. The van der Waals surface area contributed by atoms with Crippen LogP contribution in [0.5, 0.6) is 5.75 Å². The van der Waals surface area contributed by atoms with Gasteiger partial charge in [-0.15, -0.1) is 0 Å².